The Morgan fingerprint density at radius 3 is 2.46 bits per heavy atom. The molecular weight excluding hydrogens is 372 g/mol. The molecule has 7 nitrogen and oxygen atoms in total. The van der Waals surface area contributed by atoms with Crippen LogP contribution in [0.4, 0.5) is 5.69 Å². The number of amides is 1. The summed E-state index contributed by atoms with van der Waals surface area (Å²) in [4.78, 5) is 16.3. The van der Waals surface area contributed by atoms with E-state index in [1.807, 2.05) is 69.4 Å². The molecule has 1 amide bonds. The van der Waals surface area contributed by atoms with Gasteiger partial charge in [-0.25, -0.2) is 0 Å². The lowest BCUT2D eigenvalue weighted by Crippen LogP contribution is -2.28. The van der Waals surface area contributed by atoms with E-state index in [0.717, 1.165) is 22.5 Å². The Bertz CT molecular complexity index is 938. The molecule has 0 unspecified atom stereocenters. The molecule has 0 saturated heterocycles. The number of anilines is 1. The van der Waals surface area contributed by atoms with E-state index in [4.69, 9.17) is 0 Å². The summed E-state index contributed by atoms with van der Waals surface area (Å²) in [7, 11) is 5.83. The van der Waals surface area contributed by atoms with Crippen molar-refractivity contribution in [2.75, 3.05) is 31.8 Å². The van der Waals surface area contributed by atoms with Gasteiger partial charge in [-0.05, 0) is 46.7 Å². The molecule has 0 aliphatic carbocycles. The van der Waals surface area contributed by atoms with Crippen LogP contribution in [0, 0.1) is 6.92 Å². The van der Waals surface area contributed by atoms with Crippen molar-refractivity contribution in [2.24, 2.45) is 0 Å². The number of carbonyl (C=O) groups is 1. The molecule has 8 heteroatoms. The van der Waals surface area contributed by atoms with Crippen LogP contribution in [-0.2, 0) is 11.3 Å². The minimum atomic E-state index is 0.0287. The van der Waals surface area contributed by atoms with Crippen LogP contribution in [0.1, 0.15) is 11.1 Å². The van der Waals surface area contributed by atoms with Crippen LogP contribution < -0.4 is 4.90 Å². The summed E-state index contributed by atoms with van der Waals surface area (Å²) in [5.74, 6) is 0.305. The maximum Gasteiger partial charge on any atom is 0.233 e. The predicted octanol–water partition coefficient (Wildman–Crippen LogP) is 2.79. The van der Waals surface area contributed by atoms with Gasteiger partial charge in [0.25, 0.3) is 0 Å². The van der Waals surface area contributed by atoms with Crippen molar-refractivity contribution in [1.82, 2.24) is 25.1 Å². The van der Waals surface area contributed by atoms with Gasteiger partial charge in [0.2, 0.25) is 11.1 Å². The highest BCUT2D eigenvalue weighted by Crippen LogP contribution is 2.21. The predicted molar refractivity (Wildman–Crippen MR) is 112 cm³/mol. The van der Waals surface area contributed by atoms with E-state index < -0.39 is 0 Å². The molecule has 3 rings (SSSR count). The molecule has 0 N–H and O–H groups in total. The maximum absolute atomic E-state index is 12.6. The zero-order chi connectivity index (χ0) is 20.1. The van der Waals surface area contributed by atoms with Crippen molar-refractivity contribution in [3.05, 3.63) is 59.7 Å². The van der Waals surface area contributed by atoms with E-state index in [-0.39, 0.29) is 11.7 Å². The number of carbonyl (C=O) groups excluding carboxylic acids is 1. The zero-order valence-corrected chi connectivity index (χ0v) is 17.3. The van der Waals surface area contributed by atoms with E-state index in [2.05, 4.69) is 27.7 Å². The number of rotatable bonds is 7. The second-order valence-corrected chi connectivity index (χ2v) is 7.70. The number of hydrogen-bond acceptors (Lipinski definition) is 6. The van der Waals surface area contributed by atoms with Gasteiger partial charge >= 0.3 is 0 Å². The molecule has 28 heavy (non-hydrogen) atoms. The molecule has 1 aromatic heterocycles. The smallest absolute Gasteiger partial charge is 0.233 e. The second-order valence-electron chi connectivity index (χ2n) is 6.76. The van der Waals surface area contributed by atoms with Crippen LogP contribution in [-0.4, -0.2) is 57.9 Å². The first-order valence-corrected chi connectivity index (χ1v) is 9.91. The molecule has 0 saturated carbocycles. The first kappa shape index (κ1) is 19.9. The number of aromatic nitrogens is 4. The minimum Gasteiger partial charge on any atom is -0.378 e. The van der Waals surface area contributed by atoms with Crippen LogP contribution in [0.3, 0.4) is 0 Å². The van der Waals surface area contributed by atoms with Gasteiger partial charge in [0.05, 0.1) is 11.4 Å². The molecular formula is C20H24N6OS. The van der Waals surface area contributed by atoms with E-state index >= 15 is 0 Å². The van der Waals surface area contributed by atoms with Gasteiger partial charge in [0.15, 0.2) is 0 Å². The minimum absolute atomic E-state index is 0.0287. The maximum atomic E-state index is 12.6. The molecule has 0 aliphatic heterocycles. The van der Waals surface area contributed by atoms with Gasteiger partial charge in [-0.3, -0.25) is 4.79 Å². The summed E-state index contributed by atoms with van der Waals surface area (Å²) in [6, 6.07) is 16.1. The number of tetrazole rings is 1. The molecule has 3 aromatic rings. The standard InChI is InChI=1S/C20H24N6OS/c1-15-7-5-6-8-18(15)26-20(21-22-23-26)28-14-19(27)25(4)13-16-9-11-17(12-10-16)24(2)3/h5-12H,13-14H2,1-4H3. The van der Waals surface area contributed by atoms with E-state index in [1.165, 1.54) is 11.8 Å². The lowest BCUT2D eigenvalue weighted by molar-refractivity contribution is -0.127. The summed E-state index contributed by atoms with van der Waals surface area (Å²) in [5.41, 5.74) is 4.21. The highest BCUT2D eigenvalue weighted by atomic mass is 32.2. The molecule has 146 valence electrons. The molecule has 0 bridgehead atoms. The lowest BCUT2D eigenvalue weighted by atomic mass is 10.2. The number of thioether (sulfide) groups is 1. The van der Waals surface area contributed by atoms with Gasteiger partial charge < -0.3 is 9.80 Å². The van der Waals surface area contributed by atoms with Crippen molar-refractivity contribution in [2.45, 2.75) is 18.6 Å². The Hall–Kier alpha value is -2.87. The molecule has 0 aliphatic rings. The second kappa shape index (κ2) is 8.88. The topological polar surface area (TPSA) is 67.2 Å². The normalized spacial score (nSPS) is 10.7. The summed E-state index contributed by atoms with van der Waals surface area (Å²) >= 11 is 1.34. The van der Waals surface area contributed by atoms with Crippen molar-refractivity contribution < 1.29 is 4.79 Å². The van der Waals surface area contributed by atoms with Crippen molar-refractivity contribution in [3.63, 3.8) is 0 Å². The summed E-state index contributed by atoms with van der Waals surface area (Å²) in [6.07, 6.45) is 0. The zero-order valence-electron chi connectivity index (χ0n) is 16.5. The molecule has 1 heterocycles. The monoisotopic (exact) mass is 396 g/mol. The molecule has 0 spiro atoms. The van der Waals surface area contributed by atoms with Crippen molar-refractivity contribution in [1.29, 1.82) is 0 Å². The quantitative estimate of drug-likeness (QED) is 0.572. The van der Waals surface area contributed by atoms with Gasteiger partial charge in [0, 0.05) is 33.4 Å². The van der Waals surface area contributed by atoms with Gasteiger partial charge in [-0.15, -0.1) is 5.10 Å². The largest absolute Gasteiger partial charge is 0.378 e. The fourth-order valence-corrected chi connectivity index (χ4v) is 3.54. The fraction of sp³-hybridized carbons (Fsp3) is 0.300. The third-order valence-electron chi connectivity index (χ3n) is 4.41. The van der Waals surface area contributed by atoms with Crippen LogP contribution in [0.5, 0.6) is 0 Å². The van der Waals surface area contributed by atoms with Gasteiger partial charge in [-0.2, -0.15) is 4.68 Å². The molecule has 2 aromatic carbocycles. The summed E-state index contributed by atoms with van der Waals surface area (Å²) in [6.45, 7) is 2.57. The van der Waals surface area contributed by atoms with Crippen LogP contribution >= 0.6 is 11.8 Å². The average molecular weight is 397 g/mol. The van der Waals surface area contributed by atoms with E-state index in [0.29, 0.717) is 11.7 Å². The first-order valence-electron chi connectivity index (χ1n) is 8.93. The van der Waals surface area contributed by atoms with Crippen LogP contribution in [0.15, 0.2) is 53.7 Å². The number of para-hydroxylation sites is 1. The molecule has 0 radical (unpaired) electrons. The Morgan fingerprint density at radius 2 is 1.79 bits per heavy atom. The summed E-state index contributed by atoms with van der Waals surface area (Å²) < 4.78 is 1.67. The number of hydrogen-bond donors (Lipinski definition) is 0. The fourth-order valence-electron chi connectivity index (χ4n) is 2.72. The average Bonchev–Trinajstić information content (AvgIpc) is 3.15. The third kappa shape index (κ3) is 4.69. The Labute approximate surface area is 169 Å². The lowest BCUT2D eigenvalue weighted by Gasteiger charge is -2.18. The first-order chi connectivity index (χ1) is 13.5. The number of nitrogens with zero attached hydrogens (tertiary/aromatic N) is 6. The highest BCUT2D eigenvalue weighted by Gasteiger charge is 2.15. The van der Waals surface area contributed by atoms with Crippen molar-refractivity contribution >= 4 is 23.4 Å². The summed E-state index contributed by atoms with van der Waals surface area (Å²) in [5, 5.41) is 12.5. The van der Waals surface area contributed by atoms with Gasteiger partial charge in [0.1, 0.15) is 0 Å². The van der Waals surface area contributed by atoms with Crippen molar-refractivity contribution in [3.8, 4) is 5.69 Å². The number of benzene rings is 2. The number of aryl methyl sites for hydroxylation is 1. The van der Waals surface area contributed by atoms with Gasteiger partial charge in [-0.1, -0.05) is 42.1 Å². The Balaban J connectivity index is 1.60. The van der Waals surface area contributed by atoms with Crippen LogP contribution in [0.25, 0.3) is 5.69 Å². The molecule has 0 fully saturated rings. The Morgan fingerprint density at radius 1 is 1.07 bits per heavy atom. The third-order valence-corrected chi connectivity index (χ3v) is 5.31. The van der Waals surface area contributed by atoms with E-state index in [1.54, 1.807) is 9.58 Å². The van der Waals surface area contributed by atoms with E-state index in [9.17, 15) is 4.79 Å². The highest BCUT2D eigenvalue weighted by molar-refractivity contribution is 7.99. The Kier molecular flexibility index (Phi) is 6.30. The van der Waals surface area contributed by atoms with Crippen LogP contribution in [0.2, 0.25) is 0 Å². The molecule has 0 atom stereocenters. The SMILES string of the molecule is Cc1ccccc1-n1nnnc1SCC(=O)N(C)Cc1ccc(N(C)C)cc1.